The van der Waals surface area contributed by atoms with Crippen molar-refractivity contribution in [2.24, 2.45) is 5.92 Å². The first-order valence-electron chi connectivity index (χ1n) is 5.99. The molecule has 0 bridgehead atoms. The largest absolute Gasteiger partial charge is 0.395 e. The molecule has 5 heteroatoms. The Balaban J connectivity index is 2.22. The minimum Gasteiger partial charge on any atom is -0.395 e. The summed E-state index contributed by atoms with van der Waals surface area (Å²) >= 11 is 0. The van der Waals surface area contributed by atoms with E-state index in [1.165, 1.54) is 0 Å². The molecule has 1 rings (SSSR count). The van der Waals surface area contributed by atoms with Crippen molar-refractivity contribution in [2.75, 3.05) is 45.9 Å². The highest BCUT2D eigenvalue weighted by molar-refractivity contribution is 5.74. The molecule has 0 aliphatic carbocycles. The fraction of sp³-hybridized carbons (Fsp3) is 0.909. The van der Waals surface area contributed by atoms with Crippen LogP contribution < -0.4 is 5.32 Å². The number of urea groups is 1. The number of nitrogens with one attached hydrogen (secondary N) is 1. The maximum atomic E-state index is 11.7. The molecule has 5 nitrogen and oxygen atoms in total. The monoisotopic (exact) mass is 229 g/mol. The van der Waals surface area contributed by atoms with Gasteiger partial charge in [0.05, 0.1) is 6.61 Å². The van der Waals surface area contributed by atoms with Crippen LogP contribution in [0.1, 0.15) is 13.8 Å². The van der Waals surface area contributed by atoms with E-state index in [1.807, 2.05) is 4.90 Å². The van der Waals surface area contributed by atoms with Crippen molar-refractivity contribution < 1.29 is 9.90 Å². The first kappa shape index (κ1) is 13.3. The third kappa shape index (κ3) is 4.37. The van der Waals surface area contributed by atoms with Crippen LogP contribution in [0, 0.1) is 5.92 Å². The Bertz CT molecular complexity index is 213. The predicted molar refractivity (Wildman–Crippen MR) is 63.3 cm³/mol. The molecule has 2 amide bonds. The van der Waals surface area contributed by atoms with Crippen molar-refractivity contribution in [1.29, 1.82) is 0 Å². The summed E-state index contributed by atoms with van der Waals surface area (Å²) < 4.78 is 0. The van der Waals surface area contributed by atoms with E-state index >= 15 is 0 Å². The van der Waals surface area contributed by atoms with Gasteiger partial charge in [0, 0.05) is 39.3 Å². The molecule has 0 spiro atoms. The fourth-order valence-electron chi connectivity index (χ4n) is 1.72. The van der Waals surface area contributed by atoms with E-state index in [2.05, 4.69) is 24.1 Å². The van der Waals surface area contributed by atoms with Gasteiger partial charge in [-0.05, 0) is 5.92 Å². The van der Waals surface area contributed by atoms with Crippen molar-refractivity contribution in [1.82, 2.24) is 15.1 Å². The highest BCUT2D eigenvalue weighted by atomic mass is 16.3. The standard InChI is InChI=1S/C11H23N3O2/c1-10(2)9-12-11(16)14-5-3-13(4-6-14)7-8-15/h10,15H,3-9H2,1-2H3,(H,12,16). The SMILES string of the molecule is CC(C)CNC(=O)N1CCN(CCO)CC1. The van der Waals surface area contributed by atoms with Crippen molar-refractivity contribution in [3.05, 3.63) is 0 Å². The van der Waals surface area contributed by atoms with Gasteiger partial charge in [-0.3, -0.25) is 4.90 Å². The van der Waals surface area contributed by atoms with Crippen LogP contribution in [-0.2, 0) is 0 Å². The fourth-order valence-corrected chi connectivity index (χ4v) is 1.72. The third-order valence-electron chi connectivity index (χ3n) is 2.74. The zero-order valence-corrected chi connectivity index (χ0v) is 10.3. The summed E-state index contributed by atoms with van der Waals surface area (Å²) in [4.78, 5) is 15.7. The van der Waals surface area contributed by atoms with Crippen molar-refractivity contribution in [3.63, 3.8) is 0 Å². The summed E-state index contributed by atoms with van der Waals surface area (Å²) in [6.45, 7) is 9.02. The van der Waals surface area contributed by atoms with Crippen molar-refractivity contribution >= 4 is 6.03 Å². The van der Waals surface area contributed by atoms with Gasteiger partial charge < -0.3 is 15.3 Å². The Morgan fingerprint density at radius 1 is 1.31 bits per heavy atom. The van der Waals surface area contributed by atoms with Gasteiger partial charge in [0.25, 0.3) is 0 Å². The molecule has 16 heavy (non-hydrogen) atoms. The third-order valence-corrected chi connectivity index (χ3v) is 2.74. The van der Waals surface area contributed by atoms with E-state index in [0.717, 1.165) is 32.7 Å². The summed E-state index contributed by atoms with van der Waals surface area (Å²) in [6.07, 6.45) is 0. The summed E-state index contributed by atoms with van der Waals surface area (Å²) in [5.74, 6) is 0.486. The van der Waals surface area contributed by atoms with Gasteiger partial charge in [-0.15, -0.1) is 0 Å². The first-order chi connectivity index (χ1) is 7.63. The van der Waals surface area contributed by atoms with Crippen LogP contribution >= 0.6 is 0 Å². The molecule has 1 aliphatic heterocycles. The molecule has 94 valence electrons. The molecule has 1 fully saturated rings. The number of carbonyl (C=O) groups is 1. The van der Waals surface area contributed by atoms with E-state index in [0.29, 0.717) is 12.5 Å². The first-order valence-corrected chi connectivity index (χ1v) is 5.99. The number of hydrogen-bond acceptors (Lipinski definition) is 3. The molecule has 0 radical (unpaired) electrons. The quantitative estimate of drug-likeness (QED) is 0.711. The number of rotatable bonds is 4. The Morgan fingerprint density at radius 3 is 2.44 bits per heavy atom. The number of hydrogen-bond donors (Lipinski definition) is 2. The van der Waals surface area contributed by atoms with Crippen molar-refractivity contribution in [2.45, 2.75) is 13.8 Å². The Kier molecular flexibility index (Phi) is 5.55. The Hall–Kier alpha value is -0.810. The van der Waals surface area contributed by atoms with Crippen LogP contribution in [0.5, 0.6) is 0 Å². The molecular formula is C11H23N3O2. The number of β-amino-alcohol motifs (C(OH)–C–C–N with tert-alkyl or cyclic N) is 1. The lowest BCUT2D eigenvalue weighted by molar-refractivity contribution is 0.122. The van der Waals surface area contributed by atoms with E-state index in [-0.39, 0.29) is 12.6 Å². The summed E-state index contributed by atoms with van der Waals surface area (Å²) in [6, 6.07) is 0.0392. The zero-order valence-electron chi connectivity index (χ0n) is 10.3. The van der Waals surface area contributed by atoms with Crippen molar-refractivity contribution in [3.8, 4) is 0 Å². The van der Waals surface area contributed by atoms with Gasteiger partial charge in [0.2, 0.25) is 0 Å². The average Bonchev–Trinajstić information content (AvgIpc) is 2.27. The van der Waals surface area contributed by atoms with Crippen LogP contribution in [0.3, 0.4) is 0 Å². The van der Waals surface area contributed by atoms with E-state index < -0.39 is 0 Å². The number of amides is 2. The van der Waals surface area contributed by atoms with Gasteiger partial charge in [-0.2, -0.15) is 0 Å². The van der Waals surface area contributed by atoms with Gasteiger partial charge in [-0.1, -0.05) is 13.8 Å². The Labute approximate surface area is 97.4 Å². The van der Waals surface area contributed by atoms with Crippen LogP contribution in [0.25, 0.3) is 0 Å². The minimum atomic E-state index is 0.0392. The molecule has 0 atom stereocenters. The van der Waals surface area contributed by atoms with E-state index in [1.54, 1.807) is 0 Å². The molecule has 0 aromatic rings. The van der Waals surface area contributed by atoms with Crippen LogP contribution in [0.15, 0.2) is 0 Å². The maximum Gasteiger partial charge on any atom is 0.317 e. The second-order valence-corrected chi connectivity index (χ2v) is 4.63. The molecule has 0 aromatic heterocycles. The topological polar surface area (TPSA) is 55.8 Å². The molecule has 0 unspecified atom stereocenters. The van der Waals surface area contributed by atoms with Crippen LogP contribution in [-0.4, -0.2) is 66.8 Å². The van der Waals surface area contributed by atoms with Crippen LogP contribution in [0.2, 0.25) is 0 Å². The van der Waals surface area contributed by atoms with Gasteiger partial charge >= 0.3 is 6.03 Å². The van der Waals surface area contributed by atoms with Crippen LogP contribution in [0.4, 0.5) is 4.79 Å². The van der Waals surface area contributed by atoms with Gasteiger partial charge in [0.15, 0.2) is 0 Å². The molecule has 1 saturated heterocycles. The van der Waals surface area contributed by atoms with E-state index in [9.17, 15) is 4.79 Å². The maximum absolute atomic E-state index is 11.7. The molecule has 1 heterocycles. The highest BCUT2D eigenvalue weighted by Gasteiger charge is 2.20. The van der Waals surface area contributed by atoms with Gasteiger partial charge in [-0.25, -0.2) is 4.79 Å². The number of aliphatic hydroxyl groups excluding tert-OH is 1. The summed E-state index contributed by atoms with van der Waals surface area (Å²) in [7, 11) is 0. The number of piperazine rings is 1. The lowest BCUT2D eigenvalue weighted by Gasteiger charge is -2.34. The Morgan fingerprint density at radius 2 is 1.94 bits per heavy atom. The minimum absolute atomic E-state index is 0.0392. The highest BCUT2D eigenvalue weighted by Crippen LogP contribution is 2.01. The average molecular weight is 229 g/mol. The second-order valence-electron chi connectivity index (χ2n) is 4.63. The number of carbonyl (C=O) groups excluding carboxylic acids is 1. The second kappa shape index (κ2) is 6.70. The number of nitrogens with zero attached hydrogens (tertiary/aromatic N) is 2. The molecular weight excluding hydrogens is 206 g/mol. The molecule has 0 saturated carbocycles. The lowest BCUT2D eigenvalue weighted by Crippen LogP contribution is -2.52. The molecule has 2 N–H and O–H groups in total. The zero-order chi connectivity index (χ0) is 12.0. The lowest BCUT2D eigenvalue weighted by atomic mass is 10.2. The molecule has 1 aliphatic rings. The number of aliphatic hydroxyl groups is 1. The molecule has 0 aromatic carbocycles. The summed E-state index contributed by atoms with van der Waals surface area (Å²) in [5.41, 5.74) is 0. The van der Waals surface area contributed by atoms with Gasteiger partial charge in [0.1, 0.15) is 0 Å². The smallest absolute Gasteiger partial charge is 0.317 e. The predicted octanol–water partition coefficient (Wildman–Crippen LogP) is -0.0381. The van der Waals surface area contributed by atoms with E-state index in [4.69, 9.17) is 5.11 Å². The normalized spacial score (nSPS) is 17.9. The summed E-state index contributed by atoms with van der Waals surface area (Å²) in [5, 5.41) is 11.7.